The highest BCUT2D eigenvalue weighted by molar-refractivity contribution is 6.30. The van der Waals surface area contributed by atoms with Gasteiger partial charge in [-0.2, -0.15) is 0 Å². The molecule has 1 aromatic rings. The van der Waals surface area contributed by atoms with Crippen LogP contribution in [0.4, 0.5) is 4.39 Å². The molecule has 3 nitrogen and oxygen atoms in total. The second kappa shape index (κ2) is 5.24. The van der Waals surface area contributed by atoms with Gasteiger partial charge in [0, 0.05) is 11.6 Å². The minimum Gasteiger partial charge on any atom is -0.481 e. The van der Waals surface area contributed by atoms with Gasteiger partial charge in [0.1, 0.15) is 5.82 Å². The number of carbonyl (C=O) groups is 1. The molecule has 0 spiro atoms. The zero-order chi connectivity index (χ0) is 13.2. The predicted molar refractivity (Wildman–Crippen MR) is 67.3 cm³/mol. The van der Waals surface area contributed by atoms with E-state index in [1.54, 1.807) is 0 Å². The Labute approximate surface area is 110 Å². The molecule has 0 radical (unpaired) electrons. The molecule has 1 aliphatic rings. The molecule has 1 aliphatic heterocycles. The highest BCUT2D eigenvalue weighted by Crippen LogP contribution is 2.32. The lowest BCUT2D eigenvalue weighted by molar-refractivity contribution is -0.150. The topological polar surface area (TPSA) is 49.3 Å². The van der Waals surface area contributed by atoms with Crippen LogP contribution in [0.3, 0.4) is 0 Å². The van der Waals surface area contributed by atoms with E-state index < -0.39 is 17.2 Å². The van der Waals surface area contributed by atoms with Gasteiger partial charge >= 0.3 is 5.97 Å². The number of aliphatic carboxylic acids is 1. The normalized spacial score (nSPS) is 23.9. The summed E-state index contributed by atoms with van der Waals surface area (Å²) in [7, 11) is 0. The summed E-state index contributed by atoms with van der Waals surface area (Å²) in [4.78, 5) is 11.5. The third kappa shape index (κ3) is 2.65. The van der Waals surface area contributed by atoms with Crippen molar-refractivity contribution < 1.29 is 14.3 Å². The summed E-state index contributed by atoms with van der Waals surface area (Å²) >= 11 is 5.83. The molecular weight excluding hydrogens is 257 g/mol. The van der Waals surface area contributed by atoms with Crippen molar-refractivity contribution in [2.45, 2.75) is 19.3 Å². The second-order valence-electron chi connectivity index (χ2n) is 4.78. The molecule has 0 bridgehead atoms. The first-order valence-corrected chi connectivity index (χ1v) is 6.29. The van der Waals surface area contributed by atoms with Crippen LogP contribution in [-0.2, 0) is 11.2 Å². The van der Waals surface area contributed by atoms with Crippen molar-refractivity contribution in [1.82, 2.24) is 5.32 Å². The van der Waals surface area contributed by atoms with Gasteiger partial charge in [-0.05, 0) is 49.6 Å². The van der Waals surface area contributed by atoms with Crippen LogP contribution >= 0.6 is 11.6 Å². The fourth-order valence-corrected chi connectivity index (χ4v) is 2.61. The molecule has 18 heavy (non-hydrogen) atoms. The molecule has 5 heteroatoms. The van der Waals surface area contributed by atoms with Gasteiger partial charge in [0.05, 0.1) is 5.41 Å². The fraction of sp³-hybridized carbons (Fsp3) is 0.462. The Morgan fingerprint density at radius 3 is 2.94 bits per heavy atom. The van der Waals surface area contributed by atoms with Crippen LogP contribution in [0.25, 0.3) is 0 Å². The molecule has 1 heterocycles. The number of rotatable bonds is 3. The van der Waals surface area contributed by atoms with Crippen molar-refractivity contribution in [3.63, 3.8) is 0 Å². The van der Waals surface area contributed by atoms with Crippen LogP contribution in [0.2, 0.25) is 5.02 Å². The Kier molecular flexibility index (Phi) is 3.88. The molecule has 1 fully saturated rings. The summed E-state index contributed by atoms with van der Waals surface area (Å²) in [6.07, 6.45) is 1.51. The number of piperidine rings is 1. The Balaban J connectivity index is 2.28. The van der Waals surface area contributed by atoms with Gasteiger partial charge in [-0.3, -0.25) is 4.79 Å². The number of hydrogen-bond donors (Lipinski definition) is 2. The largest absolute Gasteiger partial charge is 0.481 e. The van der Waals surface area contributed by atoms with Gasteiger partial charge < -0.3 is 10.4 Å². The van der Waals surface area contributed by atoms with E-state index >= 15 is 0 Å². The van der Waals surface area contributed by atoms with Gasteiger partial charge in [0.15, 0.2) is 0 Å². The van der Waals surface area contributed by atoms with Crippen molar-refractivity contribution >= 4 is 17.6 Å². The third-order valence-corrected chi connectivity index (χ3v) is 3.70. The van der Waals surface area contributed by atoms with Crippen LogP contribution in [0.15, 0.2) is 18.2 Å². The maximum atomic E-state index is 13.7. The van der Waals surface area contributed by atoms with E-state index in [-0.39, 0.29) is 6.42 Å². The first-order chi connectivity index (χ1) is 8.53. The first kappa shape index (κ1) is 13.3. The molecule has 1 aromatic carbocycles. The lowest BCUT2D eigenvalue weighted by atomic mass is 9.76. The number of nitrogens with one attached hydrogen (secondary N) is 1. The fourth-order valence-electron chi connectivity index (χ4n) is 2.42. The number of hydrogen-bond acceptors (Lipinski definition) is 2. The van der Waals surface area contributed by atoms with Crippen LogP contribution in [0, 0.1) is 11.2 Å². The predicted octanol–water partition coefficient (Wildman–Crippen LogP) is 2.48. The molecule has 0 saturated carbocycles. The molecule has 1 unspecified atom stereocenters. The molecule has 98 valence electrons. The minimum atomic E-state index is -0.927. The third-order valence-electron chi connectivity index (χ3n) is 3.46. The molecule has 0 aromatic heterocycles. The summed E-state index contributed by atoms with van der Waals surface area (Å²) in [5.41, 5.74) is -0.558. The Hall–Kier alpha value is -1.13. The maximum Gasteiger partial charge on any atom is 0.311 e. The average molecular weight is 272 g/mol. The van der Waals surface area contributed by atoms with Crippen LogP contribution < -0.4 is 5.32 Å². The lowest BCUT2D eigenvalue weighted by Gasteiger charge is -2.33. The zero-order valence-electron chi connectivity index (χ0n) is 9.88. The Morgan fingerprint density at radius 1 is 1.56 bits per heavy atom. The van der Waals surface area contributed by atoms with E-state index in [4.69, 9.17) is 11.6 Å². The highest BCUT2D eigenvalue weighted by Gasteiger charge is 2.40. The minimum absolute atomic E-state index is 0.168. The molecule has 0 aliphatic carbocycles. The Morgan fingerprint density at radius 2 is 2.33 bits per heavy atom. The summed E-state index contributed by atoms with van der Waals surface area (Å²) in [6.45, 7) is 1.18. The molecule has 0 amide bonds. The zero-order valence-corrected chi connectivity index (χ0v) is 10.6. The highest BCUT2D eigenvalue weighted by atomic mass is 35.5. The van der Waals surface area contributed by atoms with E-state index in [0.717, 1.165) is 13.0 Å². The molecule has 1 saturated heterocycles. The summed E-state index contributed by atoms with van der Waals surface area (Å²) in [6, 6.07) is 4.26. The van der Waals surface area contributed by atoms with Gasteiger partial charge in [0.25, 0.3) is 0 Å². The van der Waals surface area contributed by atoms with E-state index in [1.807, 2.05) is 0 Å². The molecule has 2 N–H and O–H groups in total. The molecule has 2 rings (SSSR count). The number of benzene rings is 1. The first-order valence-electron chi connectivity index (χ1n) is 5.92. The monoisotopic (exact) mass is 271 g/mol. The average Bonchev–Trinajstić information content (AvgIpc) is 2.35. The smallest absolute Gasteiger partial charge is 0.311 e. The van der Waals surface area contributed by atoms with E-state index in [2.05, 4.69) is 5.32 Å². The Bertz CT molecular complexity index is 458. The van der Waals surface area contributed by atoms with Crippen LogP contribution in [0.1, 0.15) is 18.4 Å². The lowest BCUT2D eigenvalue weighted by Crippen LogP contribution is -2.47. The van der Waals surface area contributed by atoms with Crippen molar-refractivity contribution in [3.05, 3.63) is 34.6 Å². The maximum absolute atomic E-state index is 13.7. The summed E-state index contributed by atoms with van der Waals surface area (Å²) in [5.74, 6) is -1.28. The van der Waals surface area contributed by atoms with Crippen molar-refractivity contribution in [2.24, 2.45) is 5.41 Å². The number of carboxylic acids is 1. The van der Waals surface area contributed by atoms with E-state index in [1.165, 1.54) is 18.2 Å². The van der Waals surface area contributed by atoms with E-state index in [0.29, 0.717) is 23.6 Å². The van der Waals surface area contributed by atoms with Crippen LogP contribution in [0.5, 0.6) is 0 Å². The van der Waals surface area contributed by atoms with Gasteiger partial charge in [-0.25, -0.2) is 4.39 Å². The van der Waals surface area contributed by atoms with Crippen LogP contribution in [-0.4, -0.2) is 24.2 Å². The summed E-state index contributed by atoms with van der Waals surface area (Å²) in [5, 5.41) is 12.9. The van der Waals surface area contributed by atoms with Gasteiger partial charge in [-0.1, -0.05) is 11.6 Å². The van der Waals surface area contributed by atoms with E-state index in [9.17, 15) is 14.3 Å². The van der Waals surface area contributed by atoms with Crippen molar-refractivity contribution in [2.75, 3.05) is 13.1 Å². The molecular formula is C13H15ClFNO2. The SMILES string of the molecule is O=C(O)C1(Cc2cc(Cl)ccc2F)CCCNC1. The molecule has 1 atom stereocenters. The van der Waals surface area contributed by atoms with Crippen molar-refractivity contribution in [3.8, 4) is 0 Å². The van der Waals surface area contributed by atoms with Gasteiger partial charge in [-0.15, -0.1) is 0 Å². The number of halogens is 2. The standard InChI is InChI=1S/C13H15ClFNO2/c14-10-2-3-11(15)9(6-10)7-13(12(17)18)4-1-5-16-8-13/h2-3,6,16H,1,4-5,7-8H2,(H,17,18). The second-order valence-corrected chi connectivity index (χ2v) is 5.21. The van der Waals surface area contributed by atoms with Crippen molar-refractivity contribution in [1.29, 1.82) is 0 Å². The van der Waals surface area contributed by atoms with Gasteiger partial charge in [0.2, 0.25) is 0 Å². The summed E-state index contributed by atoms with van der Waals surface area (Å²) < 4.78 is 13.7. The quantitative estimate of drug-likeness (QED) is 0.888. The number of carboxylic acid groups (broad SMARTS) is 1.